The molecule has 0 aromatic heterocycles. The summed E-state index contributed by atoms with van der Waals surface area (Å²) in [6, 6.07) is -0.630. The van der Waals surface area contributed by atoms with Gasteiger partial charge in [0.25, 0.3) is 0 Å². The summed E-state index contributed by atoms with van der Waals surface area (Å²) in [5, 5.41) is 23.2. The largest absolute Gasteiger partial charge is 0.466 e. The SMILES string of the molecule is CCCCC/C=C\CCCCCCCC(=O)OCCCCCCCCCCCCCC/C=C\CCCCCCCCCCCCCC(=O)NC(CO)C(O)/C=C/CCCCCCCCCCCCCCCCCCCCC. The number of ether oxygens (including phenoxy) is 1. The molecule has 6 nitrogen and oxygen atoms in total. The molecule has 3 N–H and O–H groups in total. The normalized spacial score (nSPS) is 12.7. The van der Waals surface area contributed by atoms with Crippen molar-refractivity contribution in [2.24, 2.45) is 0 Å². The van der Waals surface area contributed by atoms with Gasteiger partial charge in [-0.3, -0.25) is 9.59 Å². The van der Waals surface area contributed by atoms with E-state index in [1.165, 1.54) is 308 Å². The quantitative estimate of drug-likeness (QED) is 0.0320. The van der Waals surface area contributed by atoms with Gasteiger partial charge >= 0.3 is 5.97 Å². The lowest BCUT2D eigenvalue weighted by molar-refractivity contribution is -0.143. The Bertz CT molecular complexity index is 1250. The molecule has 0 radical (unpaired) electrons. The lowest BCUT2D eigenvalue weighted by Crippen LogP contribution is -2.45. The minimum absolute atomic E-state index is 0.00490. The summed E-state index contributed by atoms with van der Waals surface area (Å²) in [5.74, 6) is -0.0605. The Morgan fingerprint density at radius 1 is 0.351 bits per heavy atom. The van der Waals surface area contributed by atoms with Crippen LogP contribution in [0.25, 0.3) is 0 Å². The molecule has 0 saturated heterocycles. The highest BCUT2D eigenvalue weighted by molar-refractivity contribution is 5.76. The van der Waals surface area contributed by atoms with Gasteiger partial charge in [-0.2, -0.15) is 0 Å². The number of esters is 1. The standard InChI is InChI=1S/C71H135NO5/c1-3-5-7-9-11-13-15-17-18-19-20-28-31-34-37-40-43-47-51-55-59-63-69(74)68(67-73)72-70(75)64-60-56-52-48-44-41-38-35-32-29-26-24-22-21-23-25-27-30-33-36-39-42-46-50-54-58-62-66-77-71(76)65-61-57-53-49-45-16-14-12-10-8-6-4-2/h12,14,21-22,59,63,68-69,73-74H,3-11,13,15-20,23-58,60-62,64-67H2,1-2H3,(H,72,75)/b14-12-,22-21-,63-59+. The third-order valence-electron chi connectivity index (χ3n) is 16.1. The second-order valence-electron chi connectivity index (χ2n) is 23.9. The highest BCUT2D eigenvalue weighted by Gasteiger charge is 2.18. The summed E-state index contributed by atoms with van der Waals surface area (Å²) in [4.78, 5) is 24.5. The van der Waals surface area contributed by atoms with Crippen LogP contribution in [-0.4, -0.2) is 47.4 Å². The third-order valence-corrected chi connectivity index (χ3v) is 16.1. The van der Waals surface area contributed by atoms with Crippen molar-refractivity contribution >= 4 is 11.9 Å². The number of aliphatic hydroxyl groups is 2. The van der Waals surface area contributed by atoms with Crippen molar-refractivity contribution in [2.45, 2.75) is 392 Å². The Kier molecular flexibility index (Phi) is 64.9. The van der Waals surface area contributed by atoms with E-state index in [0.717, 1.165) is 44.9 Å². The summed E-state index contributed by atoms with van der Waals surface area (Å²) in [6.07, 6.45) is 85.0. The molecule has 2 unspecified atom stereocenters. The first-order valence-electron chi connectivity index (χ1n) is 34.8. The fourth-order valence-corrected chi connectivity index (χ4v) is 10.8. The average molecular weight is 1080 g/mol. The van der Waals surface area contributed by atoms with Gasteiger partial charge in [0.1, 0.15) is 0 Å². The predicted octanol–water partition coefficient (Wildman–Crippen LogP) is 22.3. The average Bonchev–Trinajstić information content (AvgIpc) is 3.43. The van der Waals surface area contributed by atoms with Crippen molar-refractivity contribution in [3.05, 3.63) is 36.5 Å². The molecule has 6 heteroatoms. The fraction of sp³-hybridized carbons (Fsp3) is 0.887. The van der Waals surface area contributed by atoms with Crippen molar-refractivity contribution in [1.82, 2.24) is 5.32 Å². The van der Waals surface area contributed by atoms with Gasteiger partial charge in [0.05, 0.1) is 25.4 Å². The lowest BCUT2D eigenvalue weighted by Gasteiger charge is -2.20. The number of nitrogens with one attached hydrogen (secondary N) is 1. The van der Waals surface area contributed by atoms with E-state index < -0.39 is 12.1 Å². The van der Waals surface area contributed by atoms with Gasteiger partial charge in [-0.1, -0.05) is 320 Å². The van der Waals surface area contributed by atoms with Gasteiger partial charge in [0, 0.05) is 12.8 Å². The number of carbonyl (C=O) groups is 2. The first-order valence-corrected chi connectivity index (χ1v) is 34.8. The molecule has 0 bridgehead atoms. The van der Waals surface area contributed by atoms with E-state index in [9.17, 15) is 19.8 Å². The van der Waals surface area contributed by atoms with Gasteiger partial charge in [0.15, 0.2) is 0 Å². The van der Waals surface area contributed by atoms with E-state index in [4.69, 9.17) is 4.74 Å². The molecular formula is C71H135NO5. The molecule has 454 valence electrons. The number of aliphatic hydroxyl groups excluding tert-OH is 2. The number of allylic oxidation sites excluding steroid dienone is 5. The van der Waals surface area contributed by atoms with Crippen molar-refractivity contribution in [3.8, 4) is 0 Å². The topological polar surface area (TPSA) is 95.9 Å². The molecule has 0 heterocycles. The molecule has 2 atom stereocenters. The van der Waals surface area contributed by atoms with Crippen LogP contribution in [0.1, 0.15) is 380 Å². The smallest absolute Gasteiger partial charge is 0.305 e. The fourth-order valence-electron chi connectivity index (χ4n) is 10.8. The van der Waals surface area contributed by atoms with E-state index in [2.05, 4.69) is 43.5 Å². The van der Waals surface area contributed by atoms with Gasteiger partial charge in [0.2, 0.25) is 5.91 Å². The van der Waals surface area contributed by atoms with Crippen LogP contribution in [0.3, 0.4) is 0 Å². The maximum atomic E-state index is 12.5. The van der Waals surface area contributed by atoms with E-state index in [-0.39, 0.29) is 18.5 Å². The third kappa shape index (κ3) is 63.1. The number of hydrogen-bond acceptors (Lipinski definition) is 5. The summed E-state index contributed by atoms with van der Waals surface area (Å²) in [7, 11) is 0. The number of carbonyl (C=O) groups excluding carboxylic acids is 2. The molecule has 0 aliphatic carbocycles. The zero-order chi connectivity index (χ0) is 55.7. The van der Waals surface area contributed by atoms with Crippen molar-refractivity contribution in [2.75, 3.05) is 13.2 Å². The molecule has 77 heavy (non-hydrogen) atoms. The van der Waals surface area contributed by atoms with Crippen LogP contribution < -0.4 is 5.32 Å². The van der Waals surface area contributed by atoms with Crippen molar-refractivity contribution in [3.63, 3.8) is 0 Å². The van der Waals surface area contributed by atoms with Gasteiger partial charge in [-0.15, -0.1) is 0 Å². The number of rotatable bonds is 65. The van der Waals surface area contributed by atoms with Crippen LogP contribution in [0.15, 0.2) is 36.5 Å². The Labute approximate surface area is 481 Å². The van der Waals surface area contributed by atoms with Crippen LogP contribution in [0.5, 0.6) is 0 Å². The molecule has 1 amide bonds. The second-order valence-corrected chi connectivity index (χ2v) is 23.9. The zero-order valence-electron chi connectivity index (χ0n) is 52.0. The molecule has 0 rings (SSSR count). The molecule has 0 saturated carbocycles. The summed E-state index contributed by atoms with van der Waals surface area (Å²) >= 11 is 0. The maximum Gasteiger partial charge on any atom is 0.305 e. The minimum Gasteiger partial charge on any atom is -0.466 e. The van der Waals surface area contributed by atoms with Gasteiger partial charge in [-0.25, -0.2) is 0 Å². The molecule has 0 aromatic rings. The van der Waals surface area contributed by atoms with E-state index in [0.29, 0.717) is 19.4 Å². The number of unbranched alkanes of at least 4 members (excludes halogenated alkanes) is 50. The highest BCUT2D eigenvalue weighted by atomic mass is 16.5. The maximum absolute atomic E-state index is 12.5. The predicted molar refractivity (Wildman–Crippen MR) is 338 cm³/mol. The minimum atomic E-state index is -0.846. The van der Waals surface area contributed by atoms with Crippen LogP contribution in [0.4, 0.5) is 0 Å². The molecule has 0 aliphatic heterocycles. The summed E-state index contributed by atoms with van der Waals surface area (Å²) < 4.78 is 5.47. The van der Waals surface area contributed by atoms with Crippen molar-refractivity contribution < 1.29 is 24.5 Å². The molecule has 0 spiro atoms. The van der Waals surface area contributed by atoms with Gasteiger partial charge in [-0.05, 0) is 83.5 Å². The van der Waals surface area contributed by atoms with Crippen LogP contribution >= 0.6 is 0 Å². The molecular weight excluding hydrogens is 947 g/mol. The molecule has 0 fully saturated rings. The summed E-state index contributed by atoms with van der Waals surface area (Å²) in [5.41, 5.74) is 0. The lowest BCUT2D eigenvalue weighted by atomic mass is 10.0. The van der Waals surface area contributed by atoms with Crippen molar-refractivity contribution in [1.29, 1.82) is 0 Å². The Morgan fingerprint density at radius 3 is 0.948 bits per heavy atom. The van der Waals surface area contributed by atoms with E-state index >= 15 is 0 Å². The van der Waals surface area contributed by atoms with Gasteiger partial charge < -0.3 is 20.3 Å². The Hall–Kier alpha value is -1.92. The second kappa shape index (κ2) is 66.6. The highest BCUT2D eigenvalue weighted by Crippen LogP contribution is 2.18. The van der Waals surface area contributed by atoms with Crippen LogP contribution in [-0.2, 0) is 14.3 Å². The molecule has 0 aromatic carbocycles. The number of amides is 1. The van der Waals surface area contributed by atoms with E-state index in [1.807, 2.05) is 6.08 Å². The first-order chi connectivity index (χ1) is 38.0. The Balaban J connectivity index is 3.42. The monoisotopic (exact) mass is 1080 g/mol. The van der Waals surface area contributed by atoms with Crippen LogP contribution in [0.2, 0.25) is 0 Å². The summed E-state index contributed by atoms with van der Waals surface area (Å²) in [6.45, 7) is 4.91. The zero-order valence-corrected chi connectivity index (χ0v) is 52.0. The first kappa shape index (κ1) is 75.1. The Morgan fingerprint density at radius 2 is 0.610 bits per heavy atom. The van der Waals surface area contributed by atoms with E-state index in [1.54, 1.807) is 6.08 Å². The number of hydrogen-bond donors (Lipinski definition) is 3. The van der Waals surface area contributed by atoms with Crippen LogP contribution in [0, 0.1) is 0 Å². The molecule has 0 aliphatic rings.